The fraction of sp³-hybridized carbons (Fsp3) is 0.362. The molecule has 11 N–H and O–H groups in total. The van der Waals surface area contributed by atoms with Crippen LogP contribution < -0.4 is 38.1 Å². The van der Waals surface area contributed by atoms with E-state index in [-0.39, 0.29) is 43.1 Å². The standard InChI is InChI=1S/C47H58N8O7S/c1-28(2)41(26-56)54-44(59)38(13-7-8-20-48)51-46(61)40(24-33-25-50-37-12-6-5-11-35(33)37)53-45(60)39(23-29-15-18-34(57)19-16-29)52-47(62)42(27-63)55-43(58)36(49)22-30-14-17-31-9-3-4-10-32(31)21-30/h3-6,9-12,14-19,21,25-26,28,36,38-42,50,57,63H,7-8,13,20,22-24,27,48-49H2,1-2H3,(H,51,61)(H,52,62)(H,53,60)(H,54,59)(H,55,58)/t36-,38-,39+,40+,41+,42+/m0/s1. The van der Waals surface area contributed by atoms with Gasteiger partial charge < -0.3 is 52.9 Å². The highest BCUT2D eigenvalue weighted by Crippen LogP contribution is 2.21. The molecule has 0 aliphatic rings. The molecule has 334 valence electrons. The molecule has 0 saturated heterocycles. The van der Waals surface area contributed by atoms with Gasteiger partial charge in [-0.15, -0.1) is 0 Å². The highest BCUT2D eigenvalue weighted by molar-refractivity contribution is 7.80. The van der Waals surface area contributed by atoms with Gasteiger partial charge in [-0.05, 0) is 83.8 Å². The van der Waals surface area contributed by atoms with Crippen molar-refractivity contribution >= 4 is 70.1 Å². The summed E-state index contributed by atoms with van der Waals surface area (Å²) in [7, 11) is 0. The minimum atomic E-state index is -1.30. The molecule has 0 unspecified atom stereocenters. The van der Waals surface area contributed by atoms with Gasteiger partial charge in [0.05, 0.1) is 12.1 Å². The molecule has 4 aromatic carbocycles. The highest BCUT2D eigenvalue weighted by Gasteiger charge is 2.33. The summed E-state index contributed by atoms with van der Waals surface area (Å²) in [5.74, 6) is -3.63. The van der Waals surface area contributed by atoms with Crippen LogP contribution in [0.25, 0.3) is 21.7 Å². The first-order valence-electron chi connectivity index (χ1n) is 21.1. The minimum Gasteiger partial charge on any atom is -0.508 e. The number of phenolic OH excluding ortho intramolecular Hbond substituents is 1. The molecule has 0 fully saturated rings. The average Bonchev–Trinajstić information content (AvgIpc) is 3.69. The SMILES string of the molecule is CC(C)[C@@H](C=O)NC(=O)[C@H](CCCCN)NC(=O)[C@@H](Cc1c[nH]c2ccccc12)NC(=O)[C@@H](Cc1ccc(O)cc1)NC(=O)[C@@H](CS)NC(=O)[C@@H](N)Cc1ccc2ccccc2c1. The third-order valence-corrected chi connectivity index (χ3v) is 11.3. The summed E-state index contributed by atoms with van der Waals surface area (Å²) in [4.78, 5) is 84.7. The van der Waals surface area contributed by atoms with E-state index in [0.717, 1.165) is 27.2 Å². The number of unbranched alkanes of at least 4 members (excludes halogenated alkanes) is 1. The van der Waals surface area contributed by atoms with Crippen molar-refractivity contribution in [1.82, 2.24) is 31.6 Å². The van der Waals surface area contributed by atoms with Gasteiger partial charge in [-0.25, -0.2) is 0 Å². The van der Waals surface area contributed by atoms with Gasteiger partial charge in [0, 0.05) is 35.7 Å². The molecule has 5 rings (SSSR count). The number of rotatable bonds is 23. The van der Waals surface area contributed by atoms with Crippen molar-refractivity contribution in [3.63, 3.8) is 0 Å². The zero-order chi connectivity index (χ0) is 45.5. The lowest BCUT2D eigenvalue weighted by molar-refractivity contribution is -0.134. The van der Waals surface area contributed by atoms with Crippen LogP contribution in [0.1, 0.15) is 49.8 Å². The Morgan fingerprint density at radius 2 is 1.27 bits per heavy atom. The number of aromatic nitrogens is 1. The molecule has 1 heterocycles. The van der Waals surface area contributed by atoms with Crippen LogP contribution in [0.2, 0.25) is 0 Å². The molecule has 0 aliphatic carbocycles. The number of aromatic amines is 1. The van der Waals surface area contributed by atoms with Crippen LogP contribution in [-0.2, 0) is 48.0 Å². The number of benzene rings is 4. The fourth-order valence-corrected chi connectivity index (χ4v) is 7.45. The number of amides is 5. The Balaban J connectivity index is 1.38. The van der Waals surface area contributed by atoms with E-state index in [1.165, 1.54) is 12.1 Å². The number of nitrogens with one attached hydrogen (secondary N) is 6. The number of hydrogen-bond acceptors (Lipinski definition) is 10. The van der Waals surface area contributed by atoms with Gasteiger partial charge in [0.15, 0.2) is 0 Å². The second kappa shape index (κ2) is 23.3. The molecule has 5 aromatic rings. The predicted octanol–water partition coefficient (Wildman–Crippen LogP) is 2.72. The molecule has 1 aromatic heterocycles. The number of aldehydes is 1. The zero-order valence-electron chi connectivity index (χ0n) is 35.5. The van der Waals surface area contributed by atoms with Crippen LogP contribution in [0.3, 0.4) is 0 Å². The van der Waals surface area contributed by atoms with E-state index in [9.17, 15) is 33.9 Å². The summed E-state index contributed by atoms with van der Waals surface area (Å²) in [5, 5.41) is 26.6. The van der Waals surface area contributed by atoms with Crippen molar-refractivity contribution in [2.45, 2.75) is 88.6 Å². The molecule has 6 atom stereocenters. The van der Waals surface area contributed by atoms with Crippen LogP contribution in [-0.4, -0.2) is 94.5 Å². The molecule has 16 heteroatoms. The fourth-order valence-electron chi connectivity index (χ4n) is 7.19. The first-order valence-corrected chi connectivity index (χ1v) is 21.8. The number of fused-ring (bicyclic) bond motifs is 2. The second-order valence-electron chi connectivity index (χ2n) is 16.1. The van der Waals surface area contributed by atoms with E-state index < -0.39 is 65.8 Å². The molecule has 15 nitrogen and oxygen atoms in total. The van der Waals surface area contributed by atoms with Gasteiger partial charge in [0.1, 0.15) is 36.2 Å². The summed E-state index contributed by atoms with van der Waals surface area (Å²) in [6.07, 6.45) is 3.81. The van der Waals surface area contributed by atoms with Crippen molar-refractivity contribution in [1.29, 1.82) is 0 Å². The lowest BCUT2D eigenvalue weighted by atomic mass is 10.0. The first kappa shape index (κ1) is 47.8. The minimum absolute atomic E-state index is 0.00459. The topological polar surface area (TPSA) is 251 Å². The second-order valence-corrected chi connectivity index (χ2v) is 16.4. The lowest BCUT2D eigenvalue weighted by Crippen LogP contribution is -2.60. The summed E-state index contributed by atoms with van der Waals surface area (Å²) >= 11 is 4.34. The number of phenols is 1. The molecule has 5 amide bonds. The van der Waals surface area contributed by atoms with Crippen LogP contribution in [0.15, 0.2) is 97.2 Å². The Hall–Kier alpha value is -6.23. The summed E-state index contributed by atoms with van der Waals surface area (Å²) in [5.41, 5.74) is 15.0. The largest absolute Gasteiger partial charge is 0.508 e. The van der Waals surface area contributed by atoms with Gasteiger partial charge in [-0.3, -0.25) is 24.0 Å². The number of nitrogens with two attached hydrogens (primary N) is 2. The third kappa shape index (κ3) is 13.6. The summed E-state index contributed by atoms with van der Waals surface area (Å²) in [6.45, 7) is 3.95. The van der Waals surface area contributed by atoms with Crippen molar-refractivity contribution in [2.24, 2.45) is 17.4 Å². The number of aromatic hydroxyl groups is 1. The number of carbonyl (C=O) groups is 6. The van der Waals surface area contributed by atoms with Gasteiger partial charge >= 0.3 is 0 Å². The molecular formula is C47H58N8O7S. The Kier molecular flexibility index (Phi) is 17.7. The van der Waals surface area contributed by atoms with E-state index in [2.05, 4.69) is 44.2 Å². The third-order valence-electron chi connectivity index (χ3n) is 10.9. The number of H-pyrrole nitrogens is 1. The van der Waals surface area contributed by atoms with Crippen molar-refractivity contribution < 1.29 is 33.9 Å². The van der Waals surface area contributed by atoms with Gasteiger partial charge in [0.25, 0.3) is 0 Å². The normalized spacial score (nSPS) is 14.2. The van der Waals surface area contributed by atoms with E-state index in [0.29, 0.717) is 36.8 Å². The quantitative estimate of drug-likeness (QED) is 0.0263. The number of thiol groups is 1. The van der Waals surface area contributed by atoms with Crippen molar-refractivity contribution in [3.8, 4) is 5.75 Å². The van der Waals surface area contributed by atoms with Crippen molar-refractivity contribution in [3.05, 3.63) is 114 Å². The number of para-hydroxylation sites is 1. The Labute approximate surface area is 372 Å². The Morgan fingerprint density at radius 3 is 1.94 bits per heavy atom. The van der Waals surface area contributed by atoms with Crippen LogP contribution in [0.4, 0.5) is 0 Å². The molecular weight excluding hydrogens is 821 g/mol. The molecule has 0 spiro atoms. The van der Waals surface area contributed by atoms with E-state index in [1.54, 1.807) is 32.2 Å². The van der Waals surface area contributed by atoms with Crippen LogP contribution >= 0.6 is 12.6 Å². The number of hydrogen-bond donors (Lipinski definition) is 10. The Bertz CT molecular complexity index is 2350. The molecule has 0 radical (unpaired) electrons. The predicted molar refractivity (Wildman–Crippen MR) is 247 cm³/mol. The van der Waals surface area contributed by atoms with E-state index in [4.69, 9.17) is 11.5 Å². The maximum atomic E-state index is 14.5. The van der Waals surface area contributed by atoms with Crippen molar-refractivity contribution in [2.75, 3.05) is 12.3 Å². The molecule has 63 heavy (non-hydrogen) atoms. The summed E-state index contributed by atoms with van der Waals surface area (Å²) in [6, 6.07) is 20.5. The molecule has 0 saturated carbocycles. The average molecular weight is 879 g/mol. The monoisotopic (exact) mass is 878 g/mol. The van der Waals surface area contributed by atoms with E-state index >= 15 is 0 Å². The van der Waals surface area contributed by atoms with Gasteiger partial charge in [-0.2, -0.15) is 12.6 Å². The Morgan fingerprint density at radius 1 is 0.683 bits per heavy atom. The van der Waals surface area contributed by atoms with Crippen LogP contribution in [0, 0.1) is 5.92 Å². The van der Waals surface area contributed by atoms with Gasteiger partial charge in [0.2, 0.25) is 29.5 Å². The van der Waals surface area contributed by atoms with Crippen LogP contribution in [0.5, 0.6) is 5.75 Å². The maximum Gasteiger partial charge on any atom is 0.244 e. The molecule has 0 bridgehead atoms. The first-order chi connectivity index (χ1) is 30.3. The summed E-state index contributed by atoms with van der Waals surface area (Å²) < 4.78 is 0. The zero-order valence-corrected chi connectivity index (χ0v) is 36.4. The van der Waals surface area contributed by atoms with Gasteiger partial charge in [-0.1, -0.05) is 86.6 Å². The number of carbonyl (C=O) groups excluding carboxylic acids is 6. The van der Waals surface area contributed by atoms with E-state index in [1.807, 2.05) is 66.7 Å². The lowest BCUT2D eigenvalue weighted by Gasteiger charge is -2.27. The molecule has 0 aliphatic heterocycles. The smallest absolute Gasteiger partial charge is 0.244 e. The maximum absolute atomic E-state index is 14.5. The highest BCUT2D eigenvalue weighted by atomic mass is 32.1.